The second-order valence-electron chi connectivity index (χ2n) is 5.27. The van der Waals surface area contributed by atoms with Crippen molar-refractivity contribution in [1.29, 1.82) is 0 Å². The van der Waals surface area contributed by atoms with Crippen molar-refractivity contribution in [3.05, 3.63) is 41.0 Å². The Balaban J connectivity index is 1.99. The summed E-state index contributed by atoms with van der Waals surface area (Å²) in [6, 6.07) is 10.7. The third-order valence-electron chi connectivity index (χ3n) is 4.04. The molecule has 2 aromatic rings. The van der Waals surface area contributed by atoms with Gasteiger partial charge < -0.3 is 5.32 Å². The SMILES string of the molecule is CC[C@H](c1cc2ccccc2nc1Cl)N1CCNCC1. The third-order valence-corrected chi connectivity index (χ3v) is 4.35. The number of piperazine rings is 1. The van der Waals surface area contributed by atoms with Crippen LogP contribution in [0.1, 0.15) is 24.9 Å². The van der Waals surface area contributed by atoms with Gasteiger partial charge in [-0.1, -0.05) is 36.7 Å². The van der Waals surface area contributed by atoms with Crippen LogP contribution >= 0.6 is 11.6 Å². The minimum atomic E-state index is 0.363. The highest BCUT2D eigenvalue weighted by molar-refractivity contribution is 6.30. The van der Waals surface area contributed by atoms with Crippen LogP contribution in [0.2, 0.25) is 5.15 Å². The van der Waals surface area contributed by atoms with Crippen molar-refractivity contribution in [3.63, 3.8) is 0 Å². The van der Waals surface area contributed by atoms with Gasteiger partial charge in [-0.05, 0) is 18.6 Å². The smallest absolute Gasteiger partial charge is 0.134 e. The van der Waals surface area contributed by atoms with Crippen LogP contribution in [-0.4, -0.2) is 36.1 Å². The van der Waals surface area contributed by atoms with Gasteiger partial charge in [0.05, 0.1) is 5.52 Å². The molecule has 1 aliphatic rings. The number of hydrogen-bond donors (Lipinski definition) is 1. The molecule has 1 aliphatic heterocycles. The quantitative estimate of drug-likeness (QED) is 0.879. The lowest BCUT2D eigenvalue weighted by Crippen LogP contribution is -2.45. The van der Waals surface area contributed by atoms with E-state index in [0.29, 0.717) is 11.2 Å². The summed E-state index contributed by atoms with van der Waals surface area (Å²) in [4.78, 5) is 7.07. The van der Waals surface area contributed by atoms with E-state index in [9.17, 15) is 0 Å². The molecule has 1 atom stereocenters. The van der Waals surface area contributed by atoms with Crippen molar-refractivity contribution in [3.8, 4) is 0 Å². The Morgan fingerprint density at radius 3 is 2.80 bits per heavy atom. The number of fused-ring (bicyclic) bond motifs is 1. The molecule has 1 aromatic heterocycles. The lowest BCUT2D eigenvalue weighted by atomic mass is 10.0. The van der Waals surface area contributed by atoms with Crippen LogP contribution in [0.25, 0.3) is 10.9 Å². The Hall–Kier alpha value is -1.16. The van der Waals surface area contributed by atoms with Crippen molar-refractivity contribution in [2.45, 2.75) is 19.4 Å². The van der Waals surface area contributed by atoms with Crippen molar-refractivity contribution in [2.24, 2.45) is 0 Å². The number of nitrogens with zero attached hydrogens (tertiary/aromatic N) is 2. The molecule has 0 bridgehead atoms. The summed E-state index contributed by atoms with van der Waals surface area (Å²) in [5, 5.41) is 5.21. The minimum Gasteiger partial charge on any atom is -0.314 e. The highest BCUT2D eigenvalue weighted by atomic mass is 35.5. The molecular weight excluding hydrogens is 270 g/mol. The molecule has 106 valence electrons. The zero-order valence-corrected chi connectivity index (χ0v) is 12.5. The Bertz CT molecular complexity index is 593. The molecule has 1 aromatic carbocycles. The largest absolute Gasteiger partial charge is 0.314 e. The minimum absolute atomic E-state index is 0.363. The predicted octanol–water partition coefficient (Wildman–Crippen LogP) is 3.24. The summed E-state index contributed by atoms with van der Waals surface area (Å²) < 4.78 is 0. The van der Waals surface area contributed by atoms with Crippen molar-refractivity contribution in [2.75, 3.05) is 26.2 Å². The van der Waals surface area contributed by atoms with Gasteiger partial charge >= 0.3 is 0 Å². The van der Waals surface area contributed by atoms with Gasteiger partial charge in [0, 0.05) is 43.2 Å². The number of nitrogens with one attached hydrogen (secondary N) is 1. The van der Waals surface area contributed by atoms with Gasteiger partial charge in [0.1, 0.15) is 5.15 Å². The number of halogens is 1. The van der Waals surface area contributed by atoms with E-state index in [1.165, 1.54) is 5.39 Å². The molecule has 3 rings (SSSR count). The zero-order chi connectivity index (χ0) is 13.9. The van der Waals surface area contributed by atoms with Gasteiger partial charge in [-0.3, -0.25) is 4.90 Å². The van der Waals surface area contributed by atoms with Gasteiger partial charge in [0.2, 0.25) is 0 Å². The normalized spacial score (nSPS) is 18.3. The molecule has 0 aliphatic carbocycles. The fourth-order valence-corrected chi connectivity index (χ4v) is 3.28. The molecule has 0 unspecified atom stereocenters. The Morgan fingerprint density at radius 1 is 1.30 bits per heavy atom. The molecule has 4 heteroatoms. The second kappa shape index (κ2) is 6.08. The first-order valence-corrected chi connectivity index (χ1v) is 7.67. The van der Waals surface area contributed by atoms with Crippen LogP contribution in [-0.2, 0) is 0 Å². The molecular formula is C16H20ClN3. The lowest BCUT2D eigenvalue weighted by molar-refractivity contribution is 0.169. The molecule has 0 amide bonds. The first-order valence-electron chi connectivity index (χ1n) is 7.29. The van der Waals surface area contributed by atoms with E-state index < -0.39 is 0 Å². The van der Waals surface area contributed by atoms with Crippen molar-refractivity contribution >= 4 is 22.5 Å². The summed E-state index contributed by atoms with van der Waals surface area (Å²) in [6.45, 7) is 6.46. The van der Waals surface area contributed by atoms with E-state index in [-0.39, 0.29) is 0 Å². The maximum atomic E-state index is 6.44. The molecule has 20 heavy (non-hydrogen) atoms. The standard InChI is InChI=1S/C16H20ClN3/c1-2-15(20-9-7-18-8-10-20)13-11-12-5-3-4-6-14(12)19-16(13)17/h3-6,11,15,18H,2,7-10H2,1H3/t15-/m1/s1. The van der Waals surface area contributed by atoms with Gasteiger partial charge in [0.25, 0.3) is 0 Å². The summed E-state index contributed by atoms with van der Waals surface area (Å²) >= 11 is 6.44. The molecule has 0 spiro atoms. The zero-order valence-electron chi connectivity index (χ0n) is 11.8. The summed E-state index contributed by atoms with van der Waals surface area (Å²) in [5.74, 6) is 0. The average Bonchev–Trinajstić information content (AvgIpc) is 2.49. The Labute approximate surface area is 124 Å². The molecule has 1 fully saturated rings. The van der Waals surface area contributed by atoms with E-state index in [0.717, 1.165) is 43.7 Å². The van der Waals surface area contributed by atoms with E-state index in [2.05, 4.69) is 34.3 Å². The van der Waals surface area contributed by atoms with Crippen LogP contribution in [0, 0.1) is 0 Å². The number of pyridine rings is 1. The summed E-state index contributed by atoms with van der Waals surface area (Å²) in [6.07, 6.45) is 1.06. The summed E-state index contributed by atoms with van der Waals surface area (Å²) in [7, 11) is 0. The first kappa shape index (κ1) is 13.8. The third kappa shape index (κ3) is 2.66. The van der Waals surface area contributed by atoms with Crippen LogP contribution in [0.3, 0.4) is 0 Å². The van der Waals surface area contributed by atoms with Gasteiger partial charge in [-0.2, -0.15) is 0 Å². The summed E-state index contributed by atoms with van der Waals surface area (Å²) in [5.41, 5.74) is 2.13. The van der Waals surface area contributed by atoms with Gasteiger partial charge in [-0.25, -0.2) is 4.98 Å². The molecule has 1 saturated heterocycles. The average molecular weight is 290 g/mol. The van der Waals surface area contributed by atoms with E-state index in [1.54, 1.807) is 0 Å². The fraction of sp³-hybridized carbons (Fsp3) is 0.438. The Kier molecular flexibility index (Phi) is 4.20. The van der Waals surface area contributed by atoms with Crippen LogP contribution in [0.4, 0.5) is 0 Å². The van der Waals surface area contributed by atoms with E-state index in [1.807, 2.05) is 18.2 Å². The molecule has 1 N–H and O–H groups in total. The first-order chi connectivity index (χ1) is 9.79. The Morgan fingerprint density at radius 2 is 2.05 bits per heavy atom. The van der Waals surface area contributed by atoms with E-state index >= 15 is 0 Å². The van der Waals surface area contributed by atoms with E-state index in [4.69, 9.17) is 11.6 Å². The van der Waals surface area contributed by atoms with Crippen LogP contribution in [0.5, 0.6) is 0 Å². The monoisotopic (exact) mass is 289 g/mol. The highest BCUT2D eigenvalue weighted by Gasteiger charge is 2.23. The van der Waals surface area contributed by atoms with Crippen molar-refractivity contribution < 1.29 is 0 Å². The van der Waals surface area contributed by atoms with Crippen LogP contribution in [0.15, 0.2) is 30.3 Å². The number of hydrogen-bond acceptors (Lipinski definition) is 3. The van der Waals surface area contributed by atoms with Gasteiger partial charge in [0.15, 0.2) is 0 Å². The second-order valence-corrected chi connectivity index (χ2v) is 5.63. The number of para-hydroxylation sites is 1. The number of rotatable bonds is 3. The van der Waals surface area contributed by atoms with Gasteiger partial charge in [-0.15, -0.1) is 0 Å². The van der Waals surface area contributed by atoms with Crippen LogP contribution < -0.4 is 5.32 Å². The highest BCUT2D eigenvalue weighted by Crippen LogP contribution is 2.31. The molecule has 2 heterocycles. The predicted molar refractivity (Wildman–Crippen MR) is 84.2 cm³/mol. The number of aromatic nitrogens is 1. The lowest BCUT2D eigenvalue weighted by Gasteiger charge is -2.35. The molecule has 3 nitrogen and oxygen atoms in total. The maximum absolute atomic E-state index is 6.44. The fourth-order valence-electron chi connectivity index (χ4n) is 3.01. The topological polar surface area (TPSA) is 28.2 Å². The maximum Gasteiger partial charge on any atom is 0.134 e. The molecule has 0 saturated carbocycles. The number of benzene rings is 1. The van der Waals surface area contributed by atoms with Crippen molar-refractivity contribution in [1.82, 2.24) is 15.2 Å². The molecule has 0 radical (unpaired) electrons.